The number of carbonyl (C=O) groups excluding carboxylic acids is 1. The van der Waals surface area contributed by atoms with Crippen molar-refractivity contribution in [1.82, 2.24) is 0 Å². The molecule has 0 aromatic heterocycles. The first-order valence-corrected chi connectivity index (χ1v) is 9.28. The Morgan fingerprint density at radius 1 is 0.852 bits per heavy atom. The van der Waals surface area contributed by atoms with Crippen LogP contribution in [0.1, 0.15) is 10.4 Å². The van der Waals surface area contributed by atoms with Crippen molar-refractivity contribution in [1.29, 1.82) is 0 Å². The molecule has 0 radical (unpaired) electrons. The maximum absolute atomic E-state index is 13.8. The molecule has 138 valence electrons. The van der Waals surface area contributed by atoms with Gasteiger partial charge in [0.15, 0.2) is 0 Å². The number of rotatable bonds is 5. The first-order chi connectivity index (χ1) is 12.9. The Hall–Kier alpha value is -3.26. The summed E-state index contributed by atoms with van der Waals surface area (Å²) >= 11 is 0. The standard InChI is InChI=1S/C19H14F2N2O3S/c20-13-10-11-16(21)18(12-13)27(25,26)23-17-9-5-4-8-15(17)19(24)22-14-6-2-1-3-7-14/h1-12,23H,(H,22,24). The first-order valence-electron chi connectivity index (χ1n) is 7.80. The summed E-state index contributed by atoms with van der Waals surface area (Å²) in [5.41, 5.74) is 0.493. The molecule has 8 heteroatoms. The van der Waals surface area contributed by atoms with E-state index in [-0.39, 0.29) is 11.3 Å². The van der Waals surface area contributed by atoms with Crippen LogP contribution in [-0.2, 0) is 10.0 Å². The lowest BCUT2D eigenvalue weighted by Crippen LogP contribution is -2.19. The Morgan fingerprint density at radius 3 is 2.26 bits per heavy atom. The molecule has 3 aromatic carbocycles. The number of halogens is 2. The zero-order chi connectivity index (χ0) is 19.4. The monoisotopic (exact) mass is 388 g/mol. The molecule has 1 amide bonds. The van der Waals surface area contributed by atoms with Crippen LogP contribution in [0.4, 0.5) is 20.2 Å². The Labute approximate surface area is 154 Å². The first kappa shape index (κ1) is 18.5. The van der Waals surface area contributed by atoms with Crippen molar-refractivity contribution in [2.75, 3.05) is 10.0 Å². The van der Waals surface area contributed by atoms with E-state index in [0.717, 1.165) is 12.1 Å². The van der Waals surface area contributed by atoms with Crippen LogP contribution in [0.3, 0.4) is 0 Å². The molecular weight excluding hydrogens is 374 g/mol. The lowest BCUT2D eigenvalue weighted by molar-refractivity contribution is 0.102. The van der Waals surface area contributed by atoms with Crippen LogP contribution in [0.5, 0.6) is 0 Å². The SMILES string of the molecule is O=C(Nc1ccccc1)c1ccccc1NS(=O)(=O)c1cc(F)ccc1F. The quantitative estimate of drug-likeness (QED) is 0.693. The average molecular weight is 388 g/mol. The largest absolute Gasteiger partial charge is 0.322 e. The van der Waals surface area contributed by atoms with Gasteiger partial charge in [-0.05, 0) is 42.5 Å². The van der Waals surface area contributed by atoms with E-state index in [1.807, 2.05) is 0 Å². The van der Waals surface area contributed by atoms with Crippen LogP contribution in [-0.4, -0.2) is 14.3 Å². The summed E-state index contributed by atoms with van der Waals surface area (Å²) in [5.74, 6) is -2.55. The number of sulfonamides is 1. The van der Waals surface area contributed by atoms with Gasteiger partial charge in [0.1, 0.15) is 16.5 Å². The molecule has 0 fully saturated rings. The van der Waals surface area contributed by atoms with E-state index in [0.29, 0.717) is 11.8 Å². The summed E-state index contributed by atoms with van der Waals surface area (Å²) in [6, 6.07) is 16.5. The molecule has 2 N–H and O–H groups in total. The molecule has 0 atom stereocenters. The summed E-state index contributed by atoms with van der Waals surface area (Å²) in [5, 5.41) is 2.64. The van der Waals surface area contributed by atoms with Gasteiger partial charge in [-0.1, -0.05) is 30.3 Å². The van der Waals surface area contributed by atoms with Crippen molar-refractivity contribution in [3.8, 4) is 0 Å². The highest BCUT2D eigenvalue weighted by Crippen LogP contribution is 2.23. The van der Waals surface area contributed by atoms with E-state index < -0.39 is 32.5 Å². The molecule has 3 aromatic rings. The zero-order valence-corrected chi connectivity index (χ0v) is 14.6. The molecule has 0 aliphatic rings. The fourth-order valence-electron chi connectivity index (χ4n) is 2.37. The molecule has 27 heavy (non-hydrogen) atoms. The molecule has 5 nitrogen and oxygen atoms in total. The van der Waals surface area contributed by atoms with Gasteiger partial charge < -0.3 is 5.32 Å². The van der Waals surface area contributed by atoms with Gasteiger partial charge in [0.05, 0.1) is 11.3 Å². The Balaban J connectivity index is 1.92. The molecule has 0 aliphatic carbocycles. The summed E-state index contributed by atoms with van der Waals surface area (Å²) in [6.45, 7) is 0. The fraction of sp³-hybridized carbons (Fsp3) is 0. The number of para-hydroxylation sites is 2. The number of carbonyl (C=O) groups is 1. The van der Waals surface area contributed by atoms with Crippen LogP contribution in [0.25, 0.3) is 0 Å². The Kier molecular flexibility index (Phi) is 5.18. The van der Waals surface area contributed by atoms with Gasteiger partial charge in [0.25, 0.3) is 15.9 Å². The summed E-state index contributed by atoms with van der Waals surface area (Å²) < 4.78 is 54.3. The molecule has 0 saturated heterocycles. The number of benzene rings is 3. The molecule has 3 rings (SSSR count). The third-order valence-corrected chi connectivity index (χ3v) is 5.01. The van der Waals surface area contributed by atoms with Crippen LogP contribution in [0, 0.1) is 11.6 Å². The zero-order valence-electron chi connectivity index (χ0n) is 13.8. The molecule has 0 unspecified atom stereocenters. The second kappa shape index (κ2) is 7.55. The van der Waals surface area contributed by atoms with Crippen LogP contribution >= 0.6 is 0 Å². The van der Waals surface area contributed by atoms with Crippen LogP contribution < -0.4 is 10.0 Å². The predicted octanol–water partition coefficient (Wildman–Crippen LogP) is 4.02. The van der Waals surface area contributed by atoms with Crippen molar-refractivity contribution >= 4 is 27.3 Å². The van der Waals surface area contributed by atoms with Gasteiger partial charge in [0, 0.05) is 5.69 Å². The minimum atomic E-state index is -4.44. The van der Waals surface area contributed by atoms with Crippen LogP contribution in [0.15, 0.2) is 77.7 Å². The normalized spacial score (nSPS) is 11.0. The van der Waals surface area contributed by atoms with Crippen molar-refractivity contribution in [3.05, 3.63) is 90.0 Å². The van der Waals surface area contributed by atoms with Gasteiger partial charge in [-0.2, -0.15) is 0 Å². The van der Waals surface area contributed by atoms with E-state index >= 15 is 0 Å². The molecule has 0 aliphatic heterocycles. The van der Waals surface area contributed by atoms with Crippen LogP contribution in [0.2, 0.25) is 0 Å². The van der Waals surface area contributed by atoms with Crippen molar-refractivity contribution in [2.45, 2.75) is 4.90 Å². The number of nitrogens with one attached hydrogen (secondary N) is 2. The van der Waals surface area contributed by atoms with Gasteiger partial charge in [-0.25, -0.2) is 17.2 Å². The number of anilines is 2. The Bertz CT molecular complexity index is 1090. The van der Waals surface area contributed by atoms with E-state index in [2.05, 4.69) is 10.0 Å². The predicted molar refractivity (Wildman–Crippen MR) is 98.0 cm³/mol. The highest BCUT2D eigenvalue weighted by atomic mass is 32.2. The lowest BCUT2D eigenvalue weighted by atomic mass is 10.1. The molecule has 0 saturated carbocycles. The van der Waals surface area contributed by atoms with Gasteiger partial charge in [0.2, 0.25) is 0 Å². The van der Waals surface area contributed by atoms with Gasteiger partial charge in [-0.3, -0.25) is 9.52 Å². The average Bonchev–Trinajstić information content (AvgIpc) is 2.64. The minimum absolute atomic E-state index is 0.0294. The number of hydrogen-bond acceptors (Lipinski definition) is 3. The summed E-state index contributed by atoms with van der Waals surface area (Å²) in [4.78, 5) is 11.7. The Morgan fingerprint density at radius 2 is 1.52 bits per heavy atom. The van der Waals surface area contributed by atoms with E-state index in [4.69, 9.17) is 0 Å². The smallest absolute Gasteiger partial charge is 0.264 e. The van der Waals surface area contributed by atoms with E-state index in [9.17, 15) is 22.0 Å². The summed E-state index contributed by atoms with van der Waals surface area (Å²) in [6.07, 6.45) is 0. The highest BCUT2D eigenvalue weighted by molar-refractivity contribution is 7.92. The van der Waals surface area contributed by atoms with Crippen molar-refractivity contribution in [3.63, 3.8) is 0 Å². The van der Waals surface area contributed by atoms with Gasteiger partial charge >= 0.3 is 0 Å². The lowest BCUT2D eigenvalue weighted by Gasteiger charge is -2.13. The fourth-order valence-corrected chi connectivity index (χ4v) is 3.54. The highest BCUT2D eigenvalue weighted by Gasteiger charge is 2.22. The summed E-state index contributed by atoms with van der Waals surface area (Å²) in [7, 11) is -4.44. The molecule has 0 spiro atoms. The minimum Gasteiger partial charge on any atom is -0.322 e. The maximum Gasteiger partial charge on any atom is 0.264 e. The second-order valence-electron chi connectivity index (χ2n) is 5.55. The van der Waals surface area contributed by atoms with E-state index in [1.165, 1.54) is 18.2 Å². The second-order valence-corrected chi connectivity index (χ2v) is 7.20. The molecular formula is C19H14F2N2O3S. The third-order valence-electron chi connectivity index (χ3n) is 3.63. The molecule has 0 heterocycles. The van der Waals surface area contributed by atoms with E-state index in [1.54, 1.807) is 36.4 Å². The number of hydrogen-bond donors (Lipinski definition) is 2. The maximum atomic E-state index is 13.8. The van der Waals surface area contributed by atoms with Crippen molar-refractivity contribution in [2.24, 2.45) is 0 Å². The third kappa shape index (κ3) is 4.29. The van der Waals surface area contributed by atoms with Gasteiger partial charge in [-0.15, -0.1) is 0 Å². The number of amides is 1. The molecule has 0 bridgehead atoms. The van der Waals surface area contributed by atoms with Crippen molar-refractivity contribution < 1.29 is 22.0 Å². The topological polar surface area (TPSA) is 75.3 Å².